The van der Waals surface area contributed by atoms with Crippen molar-refractivity contribution < 1.29 is 0 Å². The van der Waals surface area contributed by atoms with E-state index < -0.39 is 0 Å². The zero-order chi connectivity index (χ0) is 27.0. The van der Waals surface area contributed by atoms with Gasteiger partial charge in [-0.05, 0) is 83.6 Å². The maximum atomic E-state index is 6.40. The SMILES string of the molecule is C/C=C(\C)CCNCCCNCC1CCC(n2cc(-c3nc(Cc4ccccc4)cs3)c3c(N)ncnc32)C1. The predicted molar refractivity (Wildman–Crippen MR) is 163 cm³/mol. The second-order valence-corrected chi connectivity index (χ2v) is 11.6. The Morgan fingerprint density at radius 1 is 1.13 bits per heavy atom. The summed E-state index contributed by atoms with van der Waals surface area (Å²) < 4.78 is 2.34. The van der Waals surface area contributed by atoms with E-state index in [1.807, 2.05) is 6.07 Å². The molecule has 0 radical (unpaired) electrons. The summed E-state index contributed by atoms with van der Waals surface area (Å²) in [5.41, 5.74) is 12.2. The lowest BCUT2D eigenvalue weighted by Crippen LogP contribution is -2.26. The average molecular weight is 544 g/mol. The number of nitrogens with zero attached hydrogens (tertiary/aromatic N) is 4. The molecule has 8 heteroatoms. The quantitative estimate of drug-likeness (QED) is 0.142. The van der Waals surface area contributed by atoms with E-state index >= 15 is 0 Å². The van der Waals surface area contributed by atoms with E-state index in [1.54, 1.807) is 17.7 Å². The van der Waals surface area contributed by atoms with Crippen molar-refractivity contribution in [2.45, 2.75) is 58.4 Å². The third kappa shape index (κ3) is 6.93. The second-order valence-electron chi connectivity index (χ2n) is 10.7. The van der Waals surface area contributed by atoms with Crippen LogP contribution in [0.4, 0.5) is 5.82 Å². The van der Waals surface area contributed by atoms with Crippen molar-refractivity contribution in [1.82, 2.24) is 30.2 Å². The maximum absolute atomic E-state index is 6.40. The van der Waals surface area contributed by atoms with Crippen LogP contribution in [0.5, 0.6) is 0 Å². The molecule has 2 unspecified atom stereocenters. The fourth-order valence-corrected chi connectivity index (χ4v) is 6.39. The first-order valence-corrected chi connectivity index (χ1v) is 15.1. The number of aromatic nitrogens is 4. The first kappa shape index (κ1) is 27.5. The Morgan fingerprint density at radius 2 is 1.97 bits per heavy atom. The summed E-state index contributed by atoms with van der Waals surface area (Å²) in [4.78, 5) is 14.0. The number of hydrogen-bond donors (Lipinski definition) is 3. The first-order chi connectivity index (χ1) is 19.1. The molecule has 1 aliphatic rings. The number of anilines is 1. The number of rotatable bonds is 13. The largest absolute Gasteiger partial charge is 0.383 e. The molecule has 0 amide bonds. The van der Waals surface area contributed by atoms with Gasteiger partial charge in [0.05, 0.1) is 11.1 Å². The Bertz CT molecular complexity index is 1370. The van der Waals surface area contributed by atoms with Crippen LogP contribution in [0.2, 0.25) is 0 Å². The Labute approximate surface area is 236 Å². The Hall–Kier alpha value is -3.07. The van der Waals surface area contributed by atoms with Gasteiger partial charge in [-0.1, -0.05) is 42.0 Å². The van der Waals surface area contributed by atoms with E-state index in [0.717, 1.165) is 85.6 Å². The minimum absolute atomic E-state index is 0.419. The predicted octanol–water partition coefficient (Wildman–Crippen LogP) is 5.99. The zero-order valence-corrected chi connectivity index (χ0v) is 24.0. The summed E-state index contributed by atoms with van der Waals surface area (Å²) in [6.07, 6.45) is 12.7. The standard InChI is InChI=1S/C31H41N7S/c1-3-22(2)12-15-33-13-7-14-34-18-24-10-11-26(17-24)38-19-27(28-29(32)35-21-36-30(28)38)31-37-25(20-39-31)16-23-8-5-4-6-9-23/h3-6,8-9,19-21,24,26,33-34H,7,10-18H2,1-2H3,(H2,32,35,36)/b22-3+. The van der Waals surface area contributed by atoms with Gasteiger partial charge in [0.1, 0.15) is 22.8 Å². The molecule has 4 aromatic rings. The van der Waals surface area contributed by atoms with Crippen LogP contribution in [0.3, 0.4) is 0 Å². The molecule has 5 rings (SSSR count). The minimum atomic E-state index is 0.419. The van der Waals surface area contributed by atoms with Crippen molar-refractivity contribution >= 4 is 28.2 Å². The monoisotopic (exact) mass is 543 g/mol. The van der Waals surface area contributed by atoms with Crippen molar-refractivity contribution in [3.05, 3.63) is 71.1 Å². The number of benzene rings is 1. The molecule has 3 aromatic heterocycles. The van der Waals surface area contributed by atoms with Gasteiger partial charge >= 0.3 is 0 Å². The minimum Gasteiger partial charge on any atom is -0.383 e. The molecule has 4 N–H and O–H groups in total. The van der Waals surface area contributed by atoms with Crippen molar-refractivity contribution in [3.63, 3.8) is 0 Å². The van der Waals surface area contributed by atoms with Crippen molar-refractivity contribution in [1.29, 1.82) is 0 Å². The van der Waals surface area contributed by atoms with Gasteiger partial charge in [-0.15, -0.1) is 11.3 Å². The van der Waals surface area contributed by atoms with E-state index in [0.29, 0.717) is 17.8 Å². The summed E-state index contributed by atoms with van der Waals surface area (Å²) in [7, 11) is 0. The highest BCUT2D eigenvalue weighted by atomic mass is 32.1. The van der Waals surface area contributed by atoms with Crippen LogP contribution < -0.4 is 16.4 Å². The molecule has 1 saturated carbocycles. The third-order valence-electron chi connectivity index (χ3n) is 7.88. The van der Waals surface area contributed by atoms with Crippen LogP contribution >= 0.6 is 11.3 Å². The molecular formula is C31H41N7S. The summed E-state index contributed by atoms with van der Waals surface area (Å²) >= 11 is 1.67. The number of fused-ring (bicyclic) bond motifs is 1. The average Bonchev–Trinajstić information content (AvgIpc) is 3.69. The Kier molecular flexibility index (Phi) is 9.40. The summed E-state index contributed by atoms with van der Waals surface area (Å²) in [5, 5.41) is 11.3. The second kappa shape index (κ2) is 13.3. The van der Waals surface area contributed by atoms with E-state index in [1.165, 1.54) is 17.6 Å². The molecule has 39 heavy (non-hydrogen) atoms. The Balaban J connectivity index is 1.19. The lowest BCUT2D eigenvalue weighted by Gasteiger charge is -2.15. The molecule has 0 aliphatic heterocycles. The normalized spacial score (nSPS) is 17.8. The molecule has 1 aliphatic carbocycles. The van der Waals surface area contributed by atoms with Crippen LogP contribution in [-0.2, 0) is 6.42 Å². The summed E-state index contributed by atoms with van der Waals surface area (Å²) in [5.74, 6) is 1.21. The third-order valence-corrected chi connectivity index (χ3v) is 8.81. The van der Waals surface area contributed by atoms with Gasteiger partial charge in [0, 0.05) is 29.6 Å². The van der Waals surface area contributed by atoms with Gasteiger partial charge in [-0.3, -0.25) is 0 Å². The van der Waals surface area contributed by atoms with Crippen molar-refractivity contribution in [2.24, 2.45) is 5.92 Å². The van der Waals surface area contributed by atoms with Crippen LogP contribution in [0.25, 0.3) is 21.6 Å². The van der Waals surface area contributed by atoms with E-state index in [2.05, 4.69) is 80.9 Å². The Morgan fingerprint density at radius 3 is 2.82 bits per heavy atom. The van der Waals surface area contributed by atoms with Gasteiger partial charge < -0.3 is 20.9 Å². The molecule has 0 saturated heterocycles. The van der Waals surface area contributed by atoms with Crippen LogP contribution in [-0.4, -0.2) is 45.7 Å². The molecule has 0 spiro atoms. The van der Waals surface area contributed by atoms with Gasteiger partial charge in [0.15, 0.2) is 0 Å². The van der Waals surface area contributed by atoms with Gasteiger partial charge in [-0.2, -0.15) is 0 Å². The summed E-state index contributed by atoms with van der Waals surface area (Å²) in [6.45, 7) is 8.58. The smallest absolute Gasteiger partial charge is 0.146 e. The number of thiazole rings is 1. The van der Waals surface area contributed by atoms with E-state index in [9.17, 15) is 0 Å². The molecule has 1 aromatic carbocycles. The topological polar surface area (TPSA) is 93.7 Å². The zero-order valence-electron chi connectivity index (χ0n) is 23.2. The lowest BCUT2D eigenvalue weighted by atomic mass is 10.1. The molecule has 3 heterocycles. The lowest BCUT2D eigenvalue weighted by molar-refractivity contribution is 0.452. The van der Waals surface area contributed by atoms with Crippen molar-refractivity contribution in [3.8, 4) is 10.6 Å². The molecular weight excluding hydrogens is 502 g/mol. The van der Waals surface area contributed by atoms with Crippen molar-refractivity contribution in [2.75, 3.05) is 31.9 Å². The highest BCUT2D eigenvalue weighted by molar-refractivity contribution is 7.13. The van der Waals surface area contributed by atoms with Crippen LogP contribution in [0, 0.1) is 5.92 Å². The highest BCUT2D eigenvalue weighted by Crippen LogP contribution is 2.41. The molecule has 2 atom stereocenters. The number of allylic oxidation sites excluding steroid dienone is 1. The maximum Gasteiger partial charge on any atom is 0.146 e. The number of hydrogen-bond acceptors (Lipinski definition) is 7. The fraction of sp³-hybridized carbons (Fsp3) is 0.452. The number of nitrogen functional groups attached to an aromatic ring is 1. The first-order valence-electron chi connectivity index (χ1n) is 14.2. The number of nitrogens with two attached hydrogens (primary N) is 1. The van der Waals surface area contributed by atoms with Gasteiger partial charge in [0.2, 0.25) is 0 Å². The molecule has 0 bridgehead atoms. The molecule has 1 fully saturated rings. The van der Waals surface area contributed by atoms with Crippen LogP contribution in [0.1, 0.15) is 63.3 Å². The highest BCUT2D eigenvalue weighted by Gasteiger charge is 2.29. The number of nitrogens with one attached hydrogen (secondary N) is 2. The summed E-state index contributed by atoms with van der Waals surface area (Å²) in [6, 6.07) is 10.9. The fourth-order valence-electron chi connectivity index (χ4n) is 5.55. The molecule has 206 valence electrons. The van der Waals surface area contributed by atoms with E-state index in [4.69, 9.17) is 10.7 Å². The van der Waals surface area contributed by atoms with Crippen LogP contribution in [0.15, 0.2) is 59.9 Å². The molecule has 7 nitrogen and oxygen atoms in total. The van der Waals surface area contributed by atoms with E-state index in [-0.39, 0.29) is 0 Å². The van der Waals surface area contributed by atoms with Gasteiger partial charge in [-0.25, -0.2) is 15.0 Å². The van der Waals surface area contributed by atoms with Gasteiger partial charge in [0.25, 0.3) is 0 Å².